The van der Waals surface area contributed by atoms with E-state index in [4.69, 9.17) is 4.74 Å². The van der Waals surface area contributed by atoms with Crippen LogP contribution in [0.3, 0.4) is 0 Å². The number of hydrogen-bond donors (Lipinski definition) is 1. The van der Waals surface area contributed by atoms with Crippen LogP contribution in [0.4, 0.5) is 20.2 Å². The molecule has 2 aromatic rings. The molecule has 0 aliphatic carbocycles. The van der Waals surface area contributed by atoms with E-state index in [-0.39, 0.29) is 36.9 Å². The molecule has 1 N–H and O–H groups in total. The molecule has 1 saturated heterocycles. The highest BCUT2D eigenvalue weighted by molar-refractivity contribution is 7.89. The SMILES string of the molecule is CC(Nc1ccc(S(=O)(=O)N2CCOCC2)cc1[N+](=O)[O-])c1ccc(F)c(F)c1. The molecule has 29 heavy (non-hydrogen) atoms. The van der Waals surface area contributed by atoms with E-state index in [0.717, 1.165) is 18.2 Å². The number of nitrogens with zero attached hydrogens (tertiary/aromatic N) is 2. The average Bonchev–Trinajstić information content (AvgIpc) is 2.70. The van der Waals surface area contributed by atoms with Crippen molar-refractivity contribution in [2.45, 2.75) is 17.9 Å². The van der Waals surface area contributed by atoms with Crippen LogP contribution < -0.4 is 5.32 Å². The Bertz CT molecular complexity index is 1030. The van der Waals surface area contributed by atoms with Gasteiger partial charge in [-0.2, -0.15) is 4.31 Å². The van der Waals surface area contributed by atoms with Gasteiger partial charge in [-0.1, -0.05) is 6.07 Å². The number of halogens is 2. The number of anilines is 1. The lowest BCUT2D eigenvalue weighted by molar-refractivity contribution is -0.384. The highest BCUT2D eigenvalue weighted by Crippen LogP contribution is 2.32. The second-order valence-electron chi connectivity index (χ2n) is 6.49. The number of morpholine rings is 1. The Morgan fingerprint density at radius 2 is 1.83 bits per heavy atom. The summed E-state index contributed by atoms with van der Waals surface area (Å²) in [5.74, 6) is -2.03. The maximum absolute atomic E-state index is 13.5. The lowest BCUT2D eigenvalue weighted by Gasteiger charge is -2.26. The normalized spacial score (nSPS) is 16.4. The summed E-state index contributed by atoms with van der Waals surface area (Å²) in [5, 5.41) is 14.4. The Kier molecular flexibility index (Phi) is 6.10. The quantitative estimate of drug-likeness (QED) is 0.562. The summed E-state index contributed by atoms with van der Waals surface area (Å²) in [6.45, 7) is 2.47. The second kappa shape index (κ2) is 8.39. The predicted molar refractivity (Wildman–Crippen MR) is 101 cm³/mol. The Morgan fingerprint density at radius 1 is 1.14 bits per heavy atom. The molecule has 0 aromatic heterocycles. The van der Waals surface area contributed by atoms with E-state index in [1.54, 1.807) is 6.92 Å². The van der Waals surface area contributed by atoms with E-state index in [0.29, 0.717) is 5.56 Å². The molecule has 0 bridgehead atoms. The minimum atomic E-state index is -3.90. The van der Waals surface area contributed by atoms with Gasteiger partial charge in [0.05, 0.1) is 23.0 Å². The molecule has 1 aliphatic heterocycles. The number of rotatable bonds is 6. The molecule has 0 amide bonds. The van der Waals surface area contributed by atoms with E-state index >= 15 is 0 Å². The number of sulfonamides is 1. The fourth-order valence-corrected chi connectivity index (χ4v) is 4.41. The molecule has 1 fully saturated rings. The summed E-state index contributed by atoms with van der Waals surface area (Å²) in [7, 11) is -3.90. The highest BCUT2D eigenvalue weighted by Gasteiger charge is 2.29. The predicted octanol–water partition coefficient (Wildman–Crippen LogP) is 3.07. The van der Waals surface area contributed by atoms with Crippen molar-refractivity contribution in [3.05, 3.63) is 63.7 Å². The first-order valence-corrected chi connectivity index (χ1v) is 10.2. The van der Waals surface area contributed by atoms with E-state index in [2.05, 4.69) is 5.32 Å². The van der Waals surface area contributed by atoms with Gasteiger partial charge in [0.15, 0.2) is 11.6 Å². The topological polar surface area (TPSA) is 102 Å². The van der Waals surface area contributed by atoms with Crippen LogP contribution in [0, 0.1) is 21.7 Å². The van der Waals surface area contributed by atoms with Gasteiger partial charge in [-0.05, 0) is 36.8 Å². The number of benzene rings is 2. The van der Waals surface area contributed by atoms with Crippen LogP contribution in [0.2, 0.25) is 0 Å². The van der Waals surface area contributed by atoms with Crippen molar-refractivity contribution in [1.29, 1.82) is 0 Å². The third-order valence-corrected chi connectivity index (χ3v) is 6.48. The highest BCUT2D eigenvalue weighted by atomic mass is 32.2. The van der Waals surface area contributed by atoms with Crippen LogP contribution in [0.5, 0.6) is 0 Å². The van der Waals surface area contributed by atoms with E-state index in [9.17, 15) is 27.3 Å². The van der Waals surface area contributed by atoms with Crippen LogP contribution in [0.1, 0.15) is 18.5 Å². The first kappa shape index (κ1) is 21.1. The van der Waals surface area contributed by atoms with Crippen LogP contribution in [-0.2, 0) is 14.8 Å². The fourth-order valence-electron chi connectivity index (χ4n) is 2.98. The summed E-state index contributed by atoms with van der Waals surface area (Å²) in [4.78, 5) is 10.6. The van der Waals surface area contributed by atoms with Crippen molar-refractivity contribution in [2.75, 3.05) is 31.6 Å². The van der Waals surface area contributed by atoms with Gasteiger partial charge < -0.3 is 10.1 Å². The van der Waals surface area contributed by atoms with Crippen molar-refractivity contribution in [2.24, 2.45) is 0 Å². The molecule has 1 heterocycles. The lowest BCUT2D eigenvalue weighted by Crippen LogP contribution is -2.40. The largest absolute Gasteiger partial charge is 0.379 e. The Morgan fingerprint density at radius 3 is 2.45 bits per heavy atom. The molecule has 0 spiro atoms. The van der Waals surface area contributed by atoms with Crippen LogP contribution >= 0.6 is 0 Å². The van der Waals surface area contributed by atoms with Crippen LogP contribution in [0.15, 0.2) is 41.3 Å². The summed E-state index contributed by atoms with van der Waals surface area (Å²) >= 11 is 0. The van der Waals surface area contributed by atoms with Gasteiger partial charge in [0.25, 0.3) is 5.69 Å². The molecule has 3 rings (SSSR count). The minimum absolute atomic E-state index is 0.0631. The van der Waals surface area contributed by atoms with Gasteiger partial charge in [-0.15, -0.1) is 0 Å². The molecule has 1 unspecified atom stereocenters. The van der Waals surface area contributed by atoms with Gasteiger partial charge >= 0.3 is 0 Å². The van der Waals surface area contributed by atoms with Crippen molar-refractivity contribution in [1.82, 2.24) is 4.31 Å². The third-order valence-electron chi connectivity index (χ3n) is 4.59. The van der Waals surface area contributed by atoms with Crippen molar-refractivity contribution < 1.29 is 26.9 Å². The summed E-state index contributed by atoms with van der Waals surface area (Å²) in [6, 6.07) is 6.29. The zero-order chi connectivity index (χ0) is 21.2. The number of hydrogen-bond acceptors (Lipinski definition) is 6. The van der Waals surface area contributed by atoms with E-state index < -0.39 is 38.3 Å². The zero-order valence-electron chi connectivity index (χ0n) is 15.5. The second-order valence-corrected chi connectivity index (χ2v) is 8.43. The van der Waals surface area contributed by atoms with Gasteiger partial charge in [0.2, 0.25) is 10.0 Å². The molecule has 11 heteroatoms. The number of nitro groups is 1. The molecule has 0 saturated carbocycles. The van der Waals surface area contributed by atoms with Crippen molar-refractivity contribution in [3.63, 3.8) is 0 Å². The fraction of sp³-hybridized carbons (Fsp3) is 0.333. The van der Waals surface area contributed by atoms with Crippen molar-refractivity contribution in [3.8, 4) is 0 Å². The zero-order valence-corrected chi connectivity index (χ0v) is 16.3. The third kappa shape index (κ3) is 4.52. The van der Waals surface area contributed by atoms with Gasteiger partial charge in [0, 0.05) is 25.2 Å². The summed E-state index contributed by atoms with van der Waals surface area (Å²) in [5.41, 5.74) is 0.00476. The van der Waals surface area contributed by atoms with Gasteiger partial charge in [0.1, 0.15) is 5.69 Å². The smallest absolute Gasteiger partial charge is 0.293 e. The molecular weight excluding hydrogens is 408 g/mol. The maximum atomic E-state index is 13.5. The number of nitro benzene ring substituents is 1. The molecule has 2 aromatic carbocycles. The Balaban J connectivity index is 1.90. The Hall–Kier alpha value is -2.63. The molecule has 8 nitrogen and oxygen atoms in total. The maximum Gasteiger partial charge on any atom is 0.293 e. The van der Waals surface area contributed by atoms with Crippen molar-refractivity contribution >= 4 is 21.4 Å². The molecule has 1 atom stereocenters. The van der Waals surface area contributed by atoms with E-state index in [1.165, 1.54) is 22.5 Å². The van der Waals surface area contributed by atoms with Crippen LogP contribution in [0.25, 0.3) is 0 Å². The van der Waals surface area contributed by atoms with E-state index in [1.807, 2.05) is 0 Å². The molecular formula is C18H19F2N3O5S. The lowest BCUT2D eigenvalue weighted by atomic mass is 10.1. The van der Waals surface area contributed by atoms with Gasteiger partial charge in [-0.3, -0.25) is 10.1 Å². The average molecular weight is 427 g/mol. The molecule has 0 radical (unpaired) electrons. The van der Waals surface area contributed by atoms with Gasteiger partial charge in [-0.25, -0.2) is 17.2 Å². The standard InChI is InChI=1S/C18H19F2N3O5S/c1-12(13-2-4-15(19)16(20)10-13)21-17-5-3-14(11-18(17)23(24)25)29(26,27)22-6-8-28-9-7-22/h2-5,10-12,21H,6-9H2,1H3. The first-order valence-electron chi connectivity index (χ1n) is 8.78. The molecule has 1 aliphatic rings. The van der Waals surface area contributed by atoms with Crippen LogP contribution in [-0.4, -0.2) is 43.9 Å². The summed E-state index contributed by atoms with van der Waals surface area (Å²) < 4.78 is 58.4. The first-order chi connectivity index (χ1) is 13.7. The summed E-state index contributed by atoms with van der Waals surface area (Å²) in [6.07, 6.45) is 0. The molecule has 156 valence electrons. The minimum Gasteiger partial charge on any atom is -0.379 e. The number of ether oxygens (including phenoxy) is 1. The monoisotopic (exact) mass is 427 g/mol. The Labute approximate surface area is 166 Å². The number of nitrogens with one attached hydrogen (secondary N) is 1.